The number of thiophene rings is 1. The van der Waals surface area contributed by atoms with Gasteiger partial charge in [0, 0.05) is 26.2 Å². The van der Waals surface area contributed by atoms with Gasteiger partial charge in [0.1, 0.15) is 12.4 Å². The van der Waals surface area contributed by atoms with Crippen molar-refractivity contribution < 1.29 is 9.53 Å². The fourth-order valence-electron chi connectivity index (χ4n) is 2.76. The Balaban J connectivity index is 1.64. The van der Waals surface area contributed by atoms with E-state index in [0.29, 0.717) is 11.5 Å². The lowest BCUT2D eigenvalue weighted by atomic mass is 10.1. The molecule has 0 atom stereocenters. The van der Waals surface area contributed by atoms with Crippen molar-refractivity contribution in [1.82, 2.24) is 0 Å². The van der Waals surface area contributed by atoms with Gasteiger partial charge in [-0.1, -0.05) is 28.1 Å². The number of rotatable bonds is 2. The van der Waals surface area contributed by atoms with Crippen LogP contribution >= 0.6 is 27.3 Å². The van der Waals surface area contributed by atoms with Crippen molar-refractivity contribution in [2.24, 2.45) is 0 Å². The molecule has 3 nitrogen and oxygen atoms in total. The summed E-state index contributed by atoms with van der Waals surface area (Å²) in [6, 6.07) is 15.7. The minimum absolute atomic E-state index is 0.0858. The summed E-state index contributed by atoms with van der Waals surface area (Å²) in [5.74, 6) is 0.792. The van der Waals surface area contributed by atoms with E-state index in [1.807, 2.05) is 55.5 Å². The standard InChI is InChI=1S/C19H14BrNO2S/c1-11-8-13(20)6-7-15(11)21-19(22)17-9-12-10-23-16-5-3-2-4-14(16)18(12)24-17/h2-9H,10H2,1H3,(H,21,22). The Hall–Kier alpha value is -2.11. The maximum Gasteiger partial charge on any atom is 0.265 e. The van der Waals surface area contributed by atoms with Crippen molar-refractivity contribution in [2.45, 2.75) is 13.5 Å². The summed E-state index contributed by atoms with van der Waals surface area (Å²) < 4.78 is 6.76. The van der Waals surface area contributed by atoms with Crippen molar-refractivity contribution >= 4 is 38.9 Å². The van der Waals surface area contributed by atoms with Gasteiger partial charge in [-0.3, -0.25) is 4.79 Å². The molecule has 0 spiro atoms. The molecule has 3 aromatic rings. The Bertz CT molecular complexity index is 948. The molecule has 0 aliphatic carbocycles. The minimum atomic E-state index is -0.0858. The summed E-state index contributed by atoms with van der Waals surface area (Å²) in [7, 11) is 0. The number of fused-ring (bicyclic) bond motifs is 3. The normalized spacial score (nSPS) is 12.1. The molecule has 1 N–H and O–H groups in total. The third-order valence-corrected chi connectivity index (χ3v) is 5.69. The maximum absolute atomic E-state index is 12.6. The van der Waals surface area contributed by atoms with Crippen LogP contribution in [0.1, 0.15) is 20.8 Å². The van der Waals surface area contributed by atoms with E-state index >= 15 is 0 Å². The monoisotopic (exact) mass is 399 g/mol. The molecule has 0 bridgehead atoms. The van der Waals surface area contributed by atoms with Crippen molar-refractivity contribution in [3.63, 3.8) is 0 Å². The number of carbonyl (C=O) groups is 1. The molecule has 0 saturated carbocycles. The summed E-state index contributed by atoms with van der Waals surface area (Å²) in [5, 5.41) is 3.00. The molecule has 0 fully saturated rings. The first-order valence-corrected chi connectivity index (χ1v) is 9.15. The second-order valence-electron chi connectivity index (χ2n) is 5.66. The molecular formula is C19H14BrNO2S. The smallest absolute Gasteiger partial charge is 0.265 e. The van der Waals surface area contributed by atoms with Crippen LogP contribution in [0.3, 0.4) is 0 Å². The fourth-order valence-corrected chi connectivity index (χ4v) is 4.33. The number of hydrogen-bond acceptors (Lipinski definition) is 3. The highest BCUT2D eigenvalue weighted by atomic mass is 79.9. The second-order valence-corrected chi connectivity index (χ2v) is 7.63. The molecular weight excluding hydrogens is 386 g/mol. The molecule has 0 unspecified atom stereocenters. The molecule has 5 heteroatoms. The van der Waals surface area contributed by atoms with Crippen LogP contribution in [0.4, 0.5) is 5.69 Å². The highest BCUT2D eigenvalue weighted by Crippen LogP contribution is 2.42. The summed E-state index contributed by atoms with van der Waals surface area (Å²) in [6.45, 7) is 2.48. The van der Waals surface area contributed by atoms with Gasteiger partial charge in [-0.05, 0) is 48.9 Å². The maximum atomic E-state index is 12.6. The lowest BCUT2D eigenvalue weighted by Crippen LogP contribution is -2.11. The molecule has 1 amide bonds. The SMILES string of the molecule is Cc1cc(Br)ccc1NC(=O)c1cc2c(s1)-c1ccccc1OC2. The van der Waals surface area contributed by atoms with Crippen LogP contribution < -0.4 is 10.1 Å². The molecule has 24 heavy (non-hydrogen) atoms. The van der Waals surface area contributed by atoms with E-state index in [0.717, 1.165) is 37.5 Å². The lowest BCUT2D eigenvalue weighted by molar-refractivity contribution is 0.103. The first kappa shape index (κ1) is 15.4. The summed E-state index contributed by atoms with van der Waals surface area (Å²) >= 11 is 4.95. The average Bonchev–Trinajstić information content (AvgIpc) is 3.02. The molecule has 120 valence electrons. The highest BCUT2D eigenvalue weighted by molar-refractivity contribution is 9.10. The Labute approximate surface area is 152 Å². The molecule has 0 saturated heterocycles. The zero-order valence-electron chi connectivity index (χ0n) is 12.9. The number of amides is 1. The van der Waals surface area contributed by atoms with Crippen molar-refractivity contribution in [2.75, 3.05) is 5.32 Å². The Morgan fingerprint density at radius 2 is 2.04 bits per heavy atom. The van der Waals surface area contributed by atoms with Crippen LogP contribution in [0.15, 0.2) is 53.0 Å². The van der Waals surface area contributed by atoms with Gasteiger partial charge < -0.3 is 10.1 Å². The fraction of sp³-hybridized carbons (Fsp3) is 0.105. The highest BCUT2D eigenvalue weighted by Gasteiger charge is 2.22. The number of aryl methyl sites for hydroxylation is 1. The quantitative estimate of drug-likeness (QED) is 0.606. The minimum Gasteiger partial charge on any atom is -0.488 e. The zero-order chi connectivity index (χ0) is 16.7. The van der Waals surface area contributed by atoms with Crippen LogP contribution in [0.25, 0.3) is 10.4 Å². The number of carbonyl (C=O) groups excluding carboxylic acids is 1. The summed E-state index contributed by atoms with van der Waals surface area (Å²) in [6.07, 6.45) is 0. The van der Waals surface area contributed by atoms with Crippen molar-refractivity contribution in [3.05, 3.63) is 69.0 Å². The van der Waals surface area contributed by atoms with Gasteiger partial charge in [0.2, 0.25) is 0 Å². The van der Waals surface area contributed by atoms with Gasteiger partial charge in [0.25, 0.3) is 5.91 Å². The Morgan fingerprint density at radius 3 is 2.88 bits per heavy atom. The molecule has 1 aromatic heterocycles. The first-order valence-electron chi connectivity index (χ1n) is 7.54. The zero-order valence-corrected chi connectivity index (χ0v) is 15.3. The molecule has 0 radical (unpaired) electrons. The molecule has 2 aromatic carbocycles. The predicted octanol–water partition coefficient (Wildman–Crippen LogP) is 5.63. The predicted molar refractivity (Wildman–Crippen MR) is 101 cm³/mol. The number of hydrogen-bond donors (Lipinski definition) is 1. The number of benzene rings is 2. The van der Waals surface area contributed by atoms with Gasteiger partial charge in [0.05, 0.1) is 4.88 Å². The van der Waals surface area contributed by atoms with Crippen LogP contribution in [0.2, 0.25) is 0 Å². The van der Waals surface area contributed by atoms with Crippen molar-refractivity contribution in [3.8, 4) is 16.2 Å². The molecule has 4 rings (SSSR count). The number of anilines is 1. The van der Waals surface area contributed by atoms with E-state index in [2.05, 4.69) is 21.2 Å². The van der Waals surface area contributed by atoms with E-state index < -0.39 is 0 Å². The topological polar surface area (TPSA) is 38.3 Å². The average molecular weight is 400 g/mol. The Kier molecular flexibility index (Phi) is 3.90. The third kappa shape index (κ3) is 2.74. The number of nitrogens with one attached hydrogen (secondary N) is 1. The lowest BCUT2D eigenvalue weighted by Gasteiger charge is -2.16. The van der Waals surface area contributed by atoms with E-state index in [4.69, 9.17) is 4.74 Å². The van der Waals surface area contributed by atoms with Crippen molar-refractivity contribution in [1.29, 1.82) is 0 Å². The van der Waals surface area contributed by atoms with E-state index in [1.54, 1.807) is 0 Å². The van der Waals surface area contributed by atoms with E-state index in [1.165, 1.54) is 11.3 Å². The summed E-state index contributed by atoms with van der Waals surface area (Å²) in [5.41, 5.74) is 3.97. The van der Waals surface area contributed by atoms with Gasteiger partial charge in [-0.25, -0.2) is 0 Å². The first-order chi connectivity index (χ1) is 11.6. The van der Waals surface area contributed by atoms with Gasteiger partial charge in [0.15, 0.2) is 0 Å². The largest absolute Gasteiger partial charge is 0.488 e. The number of ether oxygens (including phenoxy) is 1. The van der Waals surface area contributed by atoms with E-state index in [9.17, 15) is 4.79 Å². The molecule has 2 heterocycles. The van der Waals surface area contributed by atoms with Crippen LogP contribution in [-0.2, 0) is 6.61 Å². The third-order valence-electron chi connectivity index (χ3n) is 3.98. The Morgan fingerprint density at radius 1 is 1.21 bits per heavy atom. The van der Waals surface area contributed by atoms with Crippen LogP contribution in [0, 0.1) is 6.92 Å². The summed E-state index contributed by atoms with van der Waals surface area (Å²) in [4.78, 5) is 14.4. The molecule has 1 aliphatic heterocycles. The van der Waals surface area contributed by atoms with E-state index in [-0.39, 0.29) is 5.91 Å². The van der Waals surface area contributed by atoms with Gasteiger partial charge in [-0.15, -0.1) is 11.3 Å². The van der Waals surface area contributed by atoms with Gasteiger partial charge >= 0.3 is 0 Å². The number of para-hydroxylation sites is 1. The van der Waals surface area contributed by atoms with Crippen LogP contribution in [0.5, 0.6) is 5.75 Å². The number of halogens is 1. The van der Waals surface area contributed by atoms with Crippen LogP contribution in [-0.4, -0.2) is 5.91 Å². The molecule has 1 aliphatic rings. The van der Waals surface area contributed by atoms with Gasteiger partial charge in [-0.2, -0.15) is 0 Å². The second kappa shape index (κ2) is 6.07.